The SMILES string of the molecule is CCCCCCCCCCCC(O)C[C@H]1OC(=O)C1Nc1ccccc1. The van der Waals surface area contributed by atoms with Crippen molar-refractivity contribution in [2.45, 2.75) is 95.8 Å². The van der Waals surface area contributed by atoms with Crippen molar-refractivity contribution < 1.29 is 14.6 Å². The number of aliphatic hydroxyl groups is 1. The van der Waals surface area contributed by atoms with Gasteiger partial charge >= 0.3 is 5.97 Å². The predicted molar refractivity (Wildman–Crippen MR) is 106 cm³/mol. The highest BCUT2D eigenvalue weighted by Gasteiger charge is 2.43. The average molecular weight is 362 g/mol. The maximum Gasteiger partial charge on any atom is 0.332 e. The van der Waals surface area contributed by atoms with Gasteiger partial charge in [-0.1, -0.05) is 82.9 Å². The Labute approximate surface area is 158 Å². The van der Waals surface area contributed by atoms with Crippen LogP contribution < -0.4 is 5.32 Å². The number of ether oxygens (including phenoxy) is 1. The lowest BCUT2D eigenvalue weighted by atomic mass is 9.96. The Kier molecular flexibility index (Phi) is 9.54. The number of hydrogen-bond acceptors (Lipinski definition) is 4. The van der Waals surface area contributed by atoms with Crippen molar-refractivity contribution in [2.24, 2.45) is 0 Å². The second kappa shape index (κ2) is 11.9. The van der Waals surface area contributed by atoms with E-state index in [4.69, 9.17) is 4.74 Å². The number of hydrogen-bond donors (Lipinski definition) is 2. The summed E-state index contributed by atoms with van der Waals surface area (Å²) in [6, 6.07) is 9.33. The largest absolute Gasteiger partial charge is 0.458 e. The van der Waals surface area contributed by atoms with Gasteiger partial charge in [-0.05, 0) is 18.6 Å². The van der Waals surface area contributed by atoms with E-state index in [0.29, 0.717) is 6.42 Å². The Balaban J connectivity index is 1.53. The molecule has 1 aliphatic rings. The van der Waals surface area contributed by atoms with Crippen molar-refractivity contribution in [3.8, 4) is 0 Å². The van der Waals surface area contributed by atoms with E-state index in [1.165, 1.54) is 51.4 Å². The van der Waals surface area contributed by atoms with Crippen molar-refractivity contribution in [3.05, 3.63) is 30.3 Å². The van der Waals surface area contributed by atoms with E-state index in [0.717, 1.165) is 18.5 Å². The molecule has 1 aromatic carbocycles. The van der Waals surface area contributed by atoms with Crippen LogP contribution in [0, 0.1) is 0 Å². The summed E-state index contributed by atoms with van der Waals surface area (Å²) >= 11 is 0. The van der Waals surface area contributed by atoms with E-state index in [1.807, 2.05) is 30.3 Å². The Morgan fingerprint density at radius 2 is 1.62 bits per heavy atom. The van der Waals surface area contributed by atoms with Crippen LogP contribution in [-0.4, -0.2) is 29.3 Å². The Hall–Kier alpha value is -1.55. The van der Waals surface area contributed by atoms with Crippen molar-refractivity contribution in [1.82, 2.24) is 0 Å². The third-order valence-corrected chi connectivity index (χ3v) is 5.13. The van der Waals surface area contributed by atoms with Gasteiger partial charge in [0, 0.05) is 12.1 Å². The van der Waals surface area contributed by atoms with Crippen LogP contribution in [0.5, 0.6) is 0 Å². The van der Waals surface area contributed by atoms with Crippen LogP contribution in [-0.2, 0) is 9.53 Å². The minimum absolute atomic E-state index is 0.226. The molecule has 2 unspecified atom stereocenters. The normalized spacial score (nSPS) is 20.3. The molecule has 0 radical (unpaired) electrons. The van der Waals surface area contributed by atoms with E-state index in [2.05, 4.69) is 12.2 Å². The second-order valence-electron chi connectivity index (χ2n) is 7.47. The lowest BCUT2D eigenvalue weighted by molar-refractivity contribution is -0.174. The van der Waals surface area contributed by atoms with Crippen molar-refractivity contribution in [1.29, 1.82) is 0 Å². The molecule has 0 aromatic heterocycles. The van der Waals surface area contributed by atoms with Gasteiger partial charge < -0.3 is 15.2 Å². The van der Waals surface area contributed by atoms with Gasteiger partial charge in [0.1, 0.15) is 6.10 Å². The van der Waals surface area contributed by atoms with Gasteiger partial charge in [0.15, 0.2) is 6.04 Å². The van der Waals surface area contributed by atoms with E-state index in [-0.39, 0.29) is 18.1 Å². The molecule has 146 valence electrons. The zero-order valence-electron chi connectivity index (χ0n) is 16.2. The third-order valence-electron chi connectivity index (χ3n) is 5.13. The summed E-state index contributed by atoms with van der Waals surface area (Å²) in [5.41, 5.74) is 0.910. The lowest BCUT2D eigenvalue weighted by Gasteiger charge is -2.37. The fourth-order valence-electron chi connectivity index (χ4n) is 3.50. The summed E-state index contributed by atoms with van der Waals surface area (Å²) < 4.78 is 5.22. The molecule has 2 N–H and O–H groups in total. The number of nitrogens with one attached hydrogen (secondary N) is 1. The molecule has 0 amide bonds. The molecule has 0 saturated carbocycles. The molecule has 1 fully saturated rings. The van der Waals surface area contributed by atoms with Crippen LogP contribution in [0.1, 0.15) is 77.6 Å². The predicted octanol–water partition coefficient (Wildman–Crippen LogP) is 5.06. The fourth-order valence-corrected chi connectivity index (χ4v) is 3.50. The molecule has 2 rings (SSSR count). The first-order chi connectivity index (χ1) is 12.7. The average Bonchev–Trinajstić information content (AvgIpc) is 2.65. The molecule has 4 heteroatoms. The zero-order valence-corrected chi connectivity index (χ0v) is 16.2. The smallest absolute Gasteiger partial charge is 0.332 e. The van der Waals surface area contributed by atoms with Crippen LogP contribution in [0.15, 0.2) is 30.3 Å². The van der Waals surface area contributed by atoms with Gasteiger partial charge in [-0.3, -0.25) is 0 Å². The third kappa shape index (κ3) is 7.36. The number of cyclic esters (lactones) is 1. The monoisotopic (exact) mass is 361 g/mol. The minimum Gasteiger partial charge on any atom is -0.458 e. The van der Waals surface area contributed by atoms with Crippen molar-refractivity contribution in [3.63, 3.8) is 0 Å². The van der Waals surface area contributed by atoms with E-state index >= 15 is 0 Å². The van der Waals surface area contributed by atoms with Gasteiger partial charge in [-0.15, -0.1) is 0 Å². The van der Waals surface area contributed by atoms with Crippen LogP contribution in [0.2, 0.25) is 0 Å². The Morgan fingerprint density at radius 3 is 2.23 bits per heavy atom. The second-order valence-corrected chi connectivity index (χ2v) is 7.47. The van der Waals surface area contributed by atoms with Crippen LogP contribution >= 0.6 is 0 Å². The molecule has 0 spiro atoms. The van der Waals surface area contributed by atoms with Crippen LogP contribution in [0.3, 0.4) is 0 Å². The van der Waals surface area contributed by atoms with Crippen LogP contribution in [0.25, 0.3) is 0 Å². The molecule has 1 heterocycles. The highest BCUT2D eigenvalue weighted by atomic mass is 16.6. The van der Waals surface area contributed by atoms with Gasteiger partial charge in [0.2, 0.25) is 0 Å². The summed E-state index contributed by atoms with van der Waals surface area (Å²) in [5, 5.41) is 13.4. The number of unbranched alkanes of at least 4 members (excludes halogenated alkanes) is 8. The maximum absolute atomic E-state index is 11.7. The van der Waals surface area contributed by atoms with Crippen molar-refractivity contribution in [2.75, 3.05) is 5.32 Å². The van der Waals surface area contributed by atoms with E-state index < -0.39 is 6.10 Å². The molecule has 1 saturated heterocycles. The molecule has 3 atom stereocenters. The fraction of sp³-hybridized carbons (Fsp3) is 0.682. The van der Waals surface area contributed by atoms with Crippen molar-refractivity contribution >= 4 is 11.7 Å². The number of para-hydroxylation sites is 1. The summed E-state index contributed by atoms with van der Waals surface area (Å²) in [6.07, 6.45) is 12.2. The molecule has 0 aliphatic carbocycles. The number of rotatable bonds is 14. The van der Waals surface area contributed by atoms with Gasteiger partial charge in [-0.25, -0.2) is 4.79 Å². The summed E-state index contributed by atoms with van der Waals surface area (Å²) in [6.45, 7) is 2.25. The topological polar surface area (TPSA) is 58.6 Å². The highest BCUT2D eigenvalue weighted by Crippen LogP contribution is 2.25. The first kappa shape index (κ1) is 20.8. The zero-order chi connectivity index (χ0) is 18.6. The van der Waals surface area contributed by atoms with Gasteiger partial charge in [0.05, 0.1) is 6.10 Å². The molecule has 1 aliphatic heterocycles. The van der Waals surface area contributed by atoms with Gasteiger partial charge in [-0.2, -0.15) is 0 Å². The summed E-state index contributed by atoms with van der Waals surface area (Å²) in [5.74, 6) is -0.228. The molecule has 4 nitrogen and oxygen atoms in total. The molecule has 0 bridgehead atoms. The first-order valence-corrected chi connectivity index (χ1v) is 10.4. The van der Waals surface area contributed by atoms with Gasteiger partial charge in [0.25, 0.3) is 0 Å². The number of carbonyl (C=O) groups excluding carboxylic acids is 1. The Morgan fingerprint density at radius 1 is 1.00 bits per heavy atom. The quantitative estimate of drug-likeness (QED) is 0.359. The summed E-state index contributed by atoms with van der Waals surface area (Å²) in [7, 11) is 0. The summed E-state index contributed by atoms with van der Waals surface area (Å²) in [4.78, 5) is 11.7. The minimum atomic E-state index is -0.391. The first-order valence-electron chi connectivity index (χ1n) is 10.4. The molecule has 1 aromatic rings. The maximum atomic E-state index is 11.7. The molecule has 26 heavy (non-hydrogen) atoms. The number of benzene rings is 1. The van der Waals surface area contributed by atoms with E-state index in [1.54, 1.807) is 0 Å². The molecular formula is C22H35NO3. The number of esters is 1. The number of aliphatic hydroxyl groups excluding tert-OH is 1. The number of carbonyl (C=O) groups is 1. The standard InChI is InChI=1S/C22H35NO3/c1-2-3-4-5-6-7-8-9-13-16-19(24)17-20-21(22(25)26-20)23-18-14-11-10-12-15-18/h10-12,14-15,19-21,23-24H,2-9,13,16-17H2,1H3/t19?,20-,21?/m1/s1. The number of anilines is 1. The van der Waals surface area contributed by atoms with E-state index in [9.17, 15) is 9.90 Å². The lowest BCUT2D eigenvalue weighted by Crippen LogP contribution is -2.55. The van der Waals surface area contributed by atoms with Crippen LogP contribution in [0.4, 0.5) is 5.69 Å². The highest BCUT2D eigenvalue weighted by molar-refractivity contribution is 5.85. The Bertz CT molecular complexity index is 505. The molecular weight excluding hydrogens is 326 g/mol.